The first-order valence-electron chi connectivity index (χ1n) is 16.7. The van der Waals surface area contributed by atoms with Crippen molar-refractivity contribution < 1.29 is 19.7 Å². The minimum absolute atomic E-state index is 0.195. The zero-order valence-electron chi connectivity index (χ0n) is 27.6. The highest BCUT2D eigenvalue weighted by molar-refractivity contribution is 6.53. The van der Waals surface area contributed by atoms with E-state index >= 15 is 0 Å². The number of aromatic hydroxyl groups is 3. The molecule has 0 atom stereocenters. The van der Waals surface area contributed by atoms with Crippen LogP contribution in [0.5, 0.6) is 17.2 Å². The first-order valence-corrected chi connectivity index (χ1v) is 16.7. The SMILES string of the molecule is Bc1c(B)c(-c2ccc3ccc4c(-c5cc6c(c7c5oc5ccccc57)-c5ccccc5C6(C)C)ccc5ccc2c3c54)c(O)c(O)c1O. The molecule has 9 aromatic rings. The third-order valence-corrected chi connectivity index (χ3v) is 11.4. The molecule has 1 aromatic heterocycles. The van der Waals surface area contributed by atoms with E-state index in [0.717, 1.165) is 76.4 Å². The van der Waals surface area contributed by atoms with Gasteiger partial charge in [0.2, 0.25) is 0 Å². The van der Waals surface area contributed by atoms with Gasteiger partial charge < -0.3 is 19.7 Å². The highest BCUT2D eigenvalue weighted by Gasteiger charge is 2.38. The quantitative estimate of drug-likeness (QED) is 0.104. The molecule has 1 heterocycles. The van der Waals surface area contributed by atoms with Crippen molar-refractivity contribution in [3.8, 4) is 50.6 Å². The van der Waals surface area contributed by atoms with Crippen LogP contribution in [-0.4, -0.2) is 31.0 Å². The monoisotopic (exact) mass is 632 g/mol. The molecule has 0 amide bonds. The molecule has 0 saturated carbocycles. The second-order valence-corrected chi connectivity index (χ2v) is 14.1. The van der Waals surface area contributed by atoms with Gasteiger partial charge in [-0.05, 0) is 83.3 Å². The van der Waals surface area contributed by atoms with E-state index in [1.54, 1.807) is 7.85 Å². The molecule has 0 fully saturated rings. The van der Waals surface area contributed by atoms with Crippen LogP contribution in [0.2, 0.25) is 0 Å². The number of hydrogen-bond acceptors (Lipinski definition) is 4. The zero-order chi connectivity index (χ0) is 33.5. The van der Waals surface area contributed by atoms with E-state index in [1.807, 2.05) is 20.0 Å². The Balaban J connectivity index is 1.32. The van der Waals surface area contributed by atoms with Crippen molar-refractivity contribution in [2.24, 2.45) is 0 Å². The summed E-state index contributed by atoms with van der Waals surface area (Å²) in [5.41, 5.74) is 11.5. The summed E-state index contributed by atoms with van der Waals surface area (Å²) in [6.07, 6.45) is 0. The van der Waals surface area contributed by atoms with Gasteiger partial charge in [0.15, 0.2) is 17.2 Å². The summed E-state index contributed by atoms with van der Waals surface area (Å²) in [5.74, 6) is -1.11. The van der Waals surface area contributed by atoms with Crippen molar-refractivity contribution in [2.75, 3.05) is 0 Å². The van der Waals surface area contributed by atoms with Crippen molar-refractivity contribution >= 4 is 80.9 Å². The molecule has 0 spiro atoms. The van der Waals surface area contributed by atoms with Gasteiger partial charge in [0.05, 0.1) is 0 Å². The third-order valence-electron chi connectivity index (χ3n) is 11.4. The average Bonchev–Trinajstić information content (AvgIpc) is 3.61. The summed E-state index contributed by atoms with van der Waals surface area (Å²) >= 11 is 0. The number of benzene rings is 8. The van der Waals surface area contributed by atoms with Gasteiger partial charge in [-0.15, -0.1) is 0 Å². The molecule has 232 valence electrons. The molecule has 1 aliphatic carbocycles. The van der Waals surface area contributed by atoms with Crippen LogP contribution in [0.15, 0.2) is 108 Å². The van der Waals surface area contributed by atoms with Gasteiger partial charge in [-0.3, -0.25) is 0 Å². The summed E-state index contributed by atoms with van der Waals surface area (Å²) in [6.45, 7) is 4.64. The summed E-state index contributed by atoms with van der Waals surface area (Å²) in [5, 5.41) is 41.1. The van der Waals surface area contributed by atoms with Gasteiger partial charge >= 0.3 is 0 Å². The Morgan fingerprint density at radius 2 is 1.14 bits per heavy atom. The number of phenolic OH excluding ortho intramolecular Hbond substituents is 3. The standard InChI is InChI=1S/C43H30B2O4/c1-43(2)29-9-5-3-7-26(29)34-30(43)19-28(42-35(34)27-8-4-6-10-31(27)49-42)22-15-11-20-13-17-24-25(18-14-21-12-16-23(22)32(20)33(21)24)36-37(44)38(45)40(47)41(48)39(36)46/h3-19,46-48H,44-45H2,1-2H3. The maximum absolute atomic E-state index is 11.2. The van der Waals surface area contributed by atoms with Crippen LogP contribution in [0.1, 0.15) is 25.0 Å². The minimum Gasteiger partial charge on any atom is -0.505 e. The fourth-order valence-corrected chi connectivity index (χ4v) is 8.80. The van der Waals surface area contributed by atoms with Gasteiger partial charge in [0, 0.05) is 27.3 Å². The first kappa shape index (κ1) is 28.2. The number of phenols is 3. The lowest BCUT2D eigenvalue weighted by Crippen LogP contribution is -2.28. The number of rotatable bonds is 2. The van der Waals surface area contributed by atoms with Crippen LogP contribution in [0.3, 0.4) is 0 Å². The third kappa shape index (κ3) is 3.46. The summed E-state index contributed by atoms with van der Waals surface area (Å²) in [4.78, 5) is 0. The molecule has 0 aliphatic heterocycles. The van der Waals surface area contributed by atoms with Crippen LogP contribution < -0.4 is 10.9 Å². The normalized spacial score (nSPS) is 13.7. The lowest BCUT2D eigenvalue weighted by atomic mass is 9.74. The van der Waals surface area contributed by atoms with Crippen LogP contribution in [0, 0.1) is 0 Å². The maximum Gasteiger partial charge on any atom is 0.200 e. The second kappa shape index (κ2) is 9.39. The van der Waals surface area contributed by atoms with Gasteiger partial charge in [-0.2, -0.15) is 0 Å². The van der Waals surface area contributed by atoms with E-state index in [9.17, 15) is 15.3 Å². The Hall–Kier alpha value is -5.87. The van der Waals surface area contributed by atoms with Crippen molar-refractivity contribution in [3.05, 3.63) is 114 Å². The molecule has 3 N–H and O–H groups in total. The molecular formula is C43H30B2O4. The van der Waals surface area contributed by atoms with Gasteiger partial charge in [-0.25, -0.2) is 0 Å². The molecule has 0 bridgehead atoms. The topological polar surface area (TPSA) is 73.8 Å². The van der Waals surface area contributed by atoms with Crippen molar-refractivity contribution in [2.45, 2.75) is 19.3 Å². The van der Waals surface area contributed by atoms with Crippen molar-refractivity contribution in [1.82, 2.24) is 0 Å². The highest BCUT2D eigenvalue weighted by atomic mass is 16.3. The number of para-hydroxylation sites is 1. The average molecular weight is 632 g/mol. The van der Waals surface area contributed by atoms with Gasteiger partial charge in [-0.1, -0.05) is 110 Å². The molecule has 1 aliphatic rings. The van der Waals surface area contributed by atoms with Crippen LogP contribution in [0.4, 0.5) is 0 Å². The van der Waals surface area contributed by atoms with E-state index in [0.29, 0.717) is 11.0 Å². The molecule has 8 aromatic carbocycles. The fourth-order valence-electron chi connectivity index (χ4n) is 8.80. The zero-order valence-corrected chi connectivity index (χ0v) is 27.6. The highest BCUT2D eigenvalue weighted by Crippen LogP contribution is 2.56. The number of hydrogen-bond donors (Lipinski definition) is 3. The van der Waals surface area contributed by atoms with E-state index in [4.69, 9.17) is 4.42 Å². The van der Waals surface area contributed by atoms with Crippen LogP contribution >= 0.6 is 0 Å². The Bertz CT molecular complexity index is 2890. The minimum atomic E-state index is -0.498. The predicted octanol–water partition coefficient (Wildman–Crippen LogP) is 7.76. The fraction of sp³-hybridized carbons (Fsp3) is 0.0698. The van der Waals surface area contributed by atoms with Crippen LogP contribution in [-0.2, 0) is 5.41 Å². The van der Waals surface area contributed by atoms with E-state index in [-0.39, 0.29) is 16.9 Å². The Labute approximate surface area is 284 Å². The van der Waals surface area contributed by atoms with Crippen molar-refractivity contribution in [3.63, 3.8) is 0 Å². The number of furan rings is 1. The molecule has 0 unspecified atom stereocenters. The molecule has 0 radical (unpaired) electrons. The Morgan fingerprint density at radius 1 is 0.510 bits per heavy atom. The number of fused-ring (bicyclic) bond motifs is 7. The summed E-state index contributed by atoms with van der Waals surface area (Å²) < 4.78 is 6.80. The molecule has 10 rings (SSSR count). The molecule has 0 saturated heterocycles. The molecule has 49 heavy (non-hydrogen) atoms. The summed E-state index contributed by atoms with van der Waals surface area (Å²) in [7, 11) is 3.62. The lowest BCUT2D eigenvalue weighted by molar-refractivity contribution is 0.371. The maximum atomic E-state index is 11.2. The first-order chi connectivity index (χ1) is 23.7. The van der Waals surface area contributed by atoms with Gasteiger partial charge in [0.25, 0.3) is 0 Å². The second-order valence-electron chi connectivity index (χ2n) is 14.1. The summed E-state index contributed by atoms with van der Waals surface area (Å²) in [6, 6.07) is 36.6. The molecule has 4 nitrogen and oxygen atoms in total. The molecular weight excluding hydrogens is 602 g/mol. The largest absolute Gasteiger partial charge is 0.505 e. The molecule has 6 heteroatoms. The van der Waals surface area contributed by atoms with E-state index < -0.39 is 5.75 Å². The van der Waals surface area contributed by atoms with Gasteiger partial charge in [0.1, 0.15) is 26.9 Å². The van der Waals surface area contributed by atoms with Crippen molar-refractivity contribution in [1.29, 1.82) is 0 Å². The smallest absolute Gasteiger partial charge is 0.200 e. The Morgan fingerprint density at radius 3 is 1.90 bits per heavy atom. The predicted molar refractivity (Wildman–Crippen MR) is 207 cm³/mol. The Kier molecular flexibility index (Phi) is 5.40. The van der Waals surface area contributed by atoms with Crippen LogP contribution in [0.25, 0.3) is 87.6 Å². The lowest BCUT2D eigenvalue weighted by Gasteiger charge is -2.23. The van der Waals surface area contributed by atoms with E-state index in [2.05, 4.69) is 105 Å². The van der Waals surface area contributed by atoms with E-state index in [1.165, 1.54) is 22.3 Å².